The molecule has 1 fully saturated rings. The molecular weight excluding hydrogens is 104 g/mol. The first kappa shape index (κ1) is 5.54. The third kappa shape index (κ3) is 1.19. The lowest BCUT2D eigenvalue weighted by Gasteiger charge is -2.15. The highest BCUT2D eigenvalue weighted by molar-refractivity contribution is 5.05. The van der Waals surface area contributed by atoms with Crippen LogP contribution < -0.4 is 5.32 Å². The van der Waals surface area contributed by atoms with Gasteiger partial charge >= 0.3 is 0 Å². The number of nitriles is 1. The molecule has 0 saturated carbocycles. The van der Waals surface area contributed by atoms with Crippen molar-refractivity contribution in [2.75, 3.05) is 19.7 Å². The molecule has 8 heavy (non-hydrogen) atoms. The number of hydrogen-bond acceptors (Lipinski definition) is 3. The third-order valence-corrected chi connectivity index (χ3v) is 0.965. The van der Waals surface area contributed by atoms with Crippen LogP contribution in [-0.2, 0) is 4.74 Å². The summed E-state index contributed by atoms with van der Waals surface area (Å²) in [5.41, 5.74) is 0. The lowest BCUT2D eigenvalue weighted by atomic mass is 10.3. The van der Waals surface area contributed by atoms with E-state index < -0.39 is 0 Å². The molecule has 1 rings (SSSR count). The van der Waals surface area contributed by atoms with Gasteiger partial charge in [0.2, 0.25) is 6.10 Å². The van der Waals surface area contributed by atoms with Gasteiger partial charge in [-0.1, -0.05) is 0 Å². The Morgan fingerprint density at radius 3 is 3.00 bits per heavy atom. The van der Waals surface area contributed by atoms with E-state index in [-0.39, 0.29) is 0 Å². The first-order chi connectivity index (χ1) is 3.93. The second kappa shape index (κ2) is 2.65. The molecule has 0 aromatic carbocycles. The molecule has 0 bridgehead atoms. The molecule has 1 aliphatic rings. The van der Waals surface area contributed by atoms with Crippen LogP contribution >= 0.6 is 0 Å². The van der Waals surface area contributed by atoms with Crippen LogP contribution in [0, 0.1) is 17.4 Å². The van der Waals surface area contributed by atoms with Gasteiger partial charge in [0.25, 0.3) is 0 Å². The van der Waals surface area contributed by atoms with Crippen molar-refractivity contribution in [1.29, 1.82) is 5.26 Å². The van der Waals surface area contributed by atoms with E-state index in [2.05, 4.69) is 5.32 Å². The minimum Gasteiger partial charge on any atom is -0.354 e. The Balaban J connectivity index is 2.25. The van der Waals surface area contributed by atoms with Gasteiger partial charge in [-0.25, -0.2) is 0 Å². The van der Waals surface area contributed by atoms with E-state index >= 15 is 0 Å². The molecule has 0 aromatic rings. The lowest BCUT2D eigenvalue weighted by molar-refractivity contribution is 0.136. The fraction of sp³-hybridized carbons (Fsp3) is 0.600. The fourth-order valence-electron chi connectivity index (χ4n) is 0.571. The molecule has 1 radical (unpaired) electrons. The maximum Gasteiger partial charge on any atom is 0.210 e. The van der Waals surface area contributed by atoms with E-state index in [1.165, 1.54) is 0 Å². The average Bonchev–Trinajstić information content (AvgIpc) is 1.90. The first-order valence-corrected chi connectivity index (χ1v) is 2.53. The number of rotatable bonds is 0. The molecule has 1 heterocycles. The summed E-state index contributed by atoms with van der Waals surface area (Å²) in [4.78, 5) is 0. The van der Waals surface area contributed by atoms with Crippen LogP contribution in [0.3, 0.4) is 0 Å². The molecule has 43 valence electrons. The van der Waals surface area contributed by atoms with Crippen molar-refractivity contribution >= 4 is 0 Å². The normalized spacial score (nSPS) is 22.4. The van der Waals surface area contributed by atoms with Gasteiger partial charge in [-0.15, -0.1) is 0 Å². The van der Waals surface area contributed by atoms with Crippen molar-refractivity contribution in [3.63, 3.8) is 0 Å². The Kier molecular flexibility index (Phi) is 1.84. The summed E-state index contributed by atoms with van der Waals surface area (Å²) in [5, 5.41) is 11.2. The van der Waals surface area contributed by atoms with Crippen LogP contribution in [0.4, 0.5) is 0 Å². The molecule has 0 unspecified atom stereocenters. The highest BCUT2D eigenvalue weighted by Crippen LogP contribution is 2.00. The van der Waals surface area contributed by atoms with E-state index in [1.54, 1.807) is 0 Å². The van der Waals surface area contributed by atoms with Crippen molar-refractivity contribution < 1.29 is 4.74 Å². The van der Waals surface area contributed by atoms with Crippen LogP contribution in [0.2, 0.25) is 0 Å². The zero-order valence-corrected chi connectivity index (χ0v) is 4.48. The van der Waals surface area contributed by atoms with Crippen LogP contribution in [0.5, 0.6) is 0 Å². The molecule has 1 aliphatic heterocycles. The van der Waals surface area contributed by atoms with Gasteiger partial charge in [0.15, 0.2) is 0 Å². The number of hydrogen-bond donors (Lipinski definition) is 1. The summed E-state index contributed by atoms with van der Waals surface area (Å²) in [6.45, 7) is 2.07. The topological polar surface area (TPSA) is 45.0 Å². The number of morpholine rings is 1. The molecule has 3 nitrogen and oxygen atoms in total. The smallest absolute Gasteiger partial charge is 0.210 e. The van der Waals surface area contributed by atoms with Crippen LogP contribution in [0.25, 0.3) is 0 Å². The highest BCUT2D eigenvalue weighted by atomic mass is 16.5. The van der Waals surface area contributed by atoms with E-state index in [4.69, 9.17) is 10.00 Å². The summed E-state index contributed by atoms with van der Waals surface area (Å²) in [7, 11) is 0. The second-order valence-electron chi connectivity index (χ2n) is 1.56. The Bertz CT molecular complexity index is 101. The SMILES string of the molecule is N#C[C]1CNCCO1. The molecule has 0 atom stereocenters. The molecule has 0 aromatic heterocycles. The second-order valence-corrected chi connectivity index (χ2v) is 1.56. The summed E-state index contributed by atoms with van der Waals surface area (Å²) in [6.07, 6.45) is 0.497. The quantitative estimate of drug-likeness (QED) is 0.465. The van der Waals surface area contributed by atoms with E-state index in [1.807, 2.05) is 6.07 Å². The minimum atomic E-state index is 0.497. The molecule has 3 heteroatoms. The largest absolute Gasteiger partial charge is 0.354 e. The molecule has 0 spiro atoms. The Hall–Kier alpha value is -0.590. The monoisotopic (exact) mass is 111 g/mol. The van der Waals surface area contributed by atoms with E-state index in [0.29, 0.717) is 19.3 Å². The zero-order valence-electron chi connectivity index (χ0n) is 4.48. The summed E-state index contributed by atoms with van der Waals surface area (Å²) < 4.78 is 4.92. The molecule has 0 amide bonds. The minimum absolute atomic E-state index is 0.497. The number of ether oxygens (including phenoxy) is 1. The van der Waals surface area contributed by atoms with Gasteiger partial charge in [0.05, 0.1) is 6.61 Å². The maximum atomic E-state index is 8.24. The van der Waals surface area contributed by atoms with Crippen LogP contribution in [-0.4, -0.2) is 19.7 Å². The highest BCUT2D eigenvalue weighted by Gasteiger charge is 2.11. The van der Waals surface area contributed by atoms with Gasteiger partial charge in [0, 0.05) is 13.1 Å². The predicted octanol–water partition coefficient (Wildman–Crippen LogP) is -0.338. The van der Waals surface area contributed by atoms with Gasteiger partial charge in [-0.3, -0.25) is 0 Å². The number of nitrogens with zero attached hydrogens (tertiary/aromatic N) is 1. The van der Waals surface area contributed by atoms with Gasteiger partial charge in [-0.05, 0) is 0 Å². The molecule has 1 saturated heterocycles. The zero-order chi connectivity index (χ0) is 5.82. The summed E-state index contributed by atoms with van der Waals surface area (Å²) in [6, 6.07) is 1.94. The third-order valence-electron chi connectivity index (χ3n) is 0.965. The van der Waals surface area contributed by atoms with Gasteiger partial charge < -0.3 is 10.1 Å². The van der Waals surface area contributed by atoms with Gasteiger partial charge in [0.1, 0.15) is 6.07 Å². The first-order valence-electron chi connectivity index (χ1n) is 2.53. The Morgan fingerprint density at radius 1 is 1.75 bits per heavy atom. The lowest BCUT2D eigenvalue weighted by Crippen LogP contribution is -2.32. The molecule has 0 aliphatic carbocycles. The van der Waals surface area contributed by atoms with E-state index in [9.17, 15) is 0 Å². The van der Waals surface area contributed by atoms with Crippen molar-refractivity contribution in [1.82, 2.24) is 5.32 Å². The van der Waals surface area contributed by atoms with Crippen LogP contribution in [0.15, 0.2) is 0 Å². The number of nitrogens with one attached hydrogen (secondary N) is 1. The van der Waals surface area contributed by atoms with Crippen molar-refractivity contribution in [3.8, 4) is 6.07 Å². The van der Waals surface area contributed by atoms with Gasteiger partial charge in [-0.2, -0.15) is 5.26 Å². The fourth-order valence-corrected chi connectivity index (χ4v) is 0.571. The van der Waals surface area contributed by atoms with Crippen molar-refractivity contribution in [3.05, 3.63) is 6.10 Å². The summed E-state index contributed by atoms with van der Waals surface area (Å²) >= 11 is 0. The maximum absolute atomic E-state index is 8.24. The predicted molar refractivity (Wildman–Crippen MR) is 27.7 cm³/mol. The Morgan fingerprint density at radius 2 is 2.62 bits per heavy atom. The summed E-state index contributed by atoms with van der Waals surface area (Å²) in [5.74, 6) is 0. The Labute approximate surface area is 48.2 Å². The molecule has 1 N–H and O–H groups in total. The average molecular weight is 111 g/mol. The van der Waals surface area contributed by atoms with Crippen LogP contribution in [0.1, 0.15) is 0 Å². The standard InChI is InChI=1S/C5H7N2O/c6-3-5-4-7-1-2-8-5/h7H,1-2,4H2. The van der Waals surface area contributed by atoms with E-state index in [0.717, 1.165) is 6.54 Å². The van der Waals surface area contributed by atoms with Crippen molar-refractivity contribution in [2.24, 2.45) is 0 Å². The van der Waals surface area contributed by atoms with Crippen molar-refractivity contribution in [2.45, 2.75) is 0 Å². The molecular formula is C5H7N2O.